The molecule has 3 amide bonds. The van der Waals surface area contributed by atoms with Gasteiger partial charge in [0, 0.05) is 49.7 Å². The largest absolute Gasteiger partial charge is 0.493 e. The molecule has 1 aliphatic rings. The fraction of sp³-hybridized carbons (Fsp3) is 0.286. The van der Waals surface area contributed by atoms with Crippen LogP contribution in [0, 0.1) is 0 Å². The lowest BCUT2D eigenvalue weighted by Gasteiger charge is -2.33. The number of amides is 3. The van der Waals surface area contributed by atoms with Crippen LogP contribution in [0.25, 0.3) is 0 Å². The van der Waals surface area contributed by atoms with E-state index in [0.717, 1.165) is 24.3 Å². The molecule has 0 radical (unpaired) electrons. The Balaban J connectivity index is 0.000000246. The van der Waals surface area contributed by atoms with Gasteiger partial charge in [-0.05, 0) is 83.6 Å². The zero-order valence-electron chi connectivity index (χ0n) is 41.4. The molecular weight excluding hydrogens is 989 g/mol. The molecule has 0 bridgehead atoms. The lowest BCUT2D eigenvalue weighted by Crippen LogP contribution is -2.48. The molecule has 7 rings (SSSR count). The summed E-state index contributed by atoms with van der Waals surface area (Å²) in [6.45, 7) is 1.65. The smallest absolute Gasteiger partial charge is 0.416 e. The maximum atomic E-state index is 14.3. The second-order valence-corrected chi connectivity index (χ2v) is 16.9. The van der Waals surface area contributed by atoms with Crippen molar-refractivity contribution in [3.8, 4) is 23.0 Å². The van der Waals surface area contributed by atoms with Crippen LogP contribution in [-0.4, -0.2) is 102 Å². The van der Waals surface area contributed by atoms with Crippen molar-refractivity contribution in [1.82, 2.24) is 4.90 Å². The quantitative estimate of drug-likeness (QED) is 0.0653. The molecule has 2 unspecified atom stereocenters. The number of hydrogen-bond donors (Lipinski definition) is 1. The third-order valence-electron chi connectivity index (χ3n) is 12.3. The van der Waals surface area contributed by atoms with Crippen LogP contribution < -0.4 is 28.7 Å². The molecule has 0 aliphatic carbocycles. The second-order valence-electron chi connectivity index (χ2n) is 16.9. The van der Waals surface area contributed by atoms with Crippen LogP contribution in [0.2, 0.25) is 0 Å². The van der Waals surface area contributed by atoms with Gasteiger partial charge < -0.3 is 43.5 Å². The molecule has 2 atom stereocenters. The molecule has 396 valence electrons. The van der Waals surface area contributed by atoms with Crippen molar-refractivity contribution in [2.24, 2.45) is 0 Å². The Morgan fingerprint density at radius 1 is 0.533 bits per heavy atom. The molecule has 75 heavy (non-hydrogen) atoms. The van der Waals surface area contributed by atoms with Crippen molar-refractivity contribution in [3.63, 3.8) is 0 Å². The third kappa shape index (κ3) is 14.6. The van der Waals surface area contributed by atoms with Crippen LogP contribution in [-0.2, 0) is 49.1 Å². The Labute approximate surface area is 429 Å². The number of carbonyl (C=O) groups excluding carboxylic acids is 3. The third-order valence-corrected chi connectivity index (χ3v) is 12.3. The number of rotatable bonds is 18. The number of morpholine rings is 1. The highest BCUT2D eigenvalue weighted by Gasteiger charge is 2.38. The van der Waals surface area contributed by atoms with Gasteiger partial charge in [0.15, 0.2) is 28.9 Å². The first-order valence-electron chi connectivity index (χ1n) is 23.5. The summed E-state index contributed by atoms with van der Waals surface area (Å²) >= 11 is 0. The number of hydrogen-bond acceptors (Lipinski definition) is 9. The van der Waals surface area contributed by atoms with Gasteiger partial charge in [0.05, 0.1) is 52.8 Å². The minimum Gasteiger partial charge on any atom is -0.493 e. The van der Waals surface area contributed by atoms with Crippen molar-refractivity contribution >= 4 is 35.1 Å². The average Bonchev–Trinajstić information content (AvgIpc) is 3.41. The molecule has 6 aromatic carbocycles. The number of nitrogens with zero attached hydrogens (tertiary/aromatic N) is 3. The fourth-order valence-electron chi connectivity index (χ4n) is 8.27. The summed E-state index contributed by atoms with van der Waals surface area (Å²) in [5.41, 5.74) is 1.33. The monoisotopic (exact) mass is 1040 g/mol. The van der Waals surface area contributed by atoms with Crippen LogP contribution in [0.5, 0.6) is 23.0 Å². The highest BCUT2D eigenvalue weighted by atomic mass is 19.4. The second kappa shape index (κ2) is 25.7. The SMILES string of the molecule is COc1ccc(N(CCc2ccc(C(F)(F)F)cc2)C(=O)C(C(=O)N2CCOCC2)c2ccccc2)cc1OC.COc1ccc(N(CCc2ccc(C(F)(F)F)cc2)C(=O)C(C(=O)O)c2ccccc2)cc1OC. The molecule has 1 N–H and O–H groups in total. The molecular formula is C56H55F6N3O10. The van der Waals surface area contributed by atoms with E-state index in [-0.39, 0.29) is 31.8 Å². The van der Waals surface area contributed by atoms with Crippen LogP contribution in [0.15, 0.2) is 146 Å². The number of alkyl halides is 6. The van der Waals surface area contributed by atoms with E-state index in [1.807, 2.05) is 0 Å². The number of carboxylic acid groups (broad SMARTS) is 1. The van der Waals surface area contributed by atoms with Gasteiger partial charge in [0.1, 0.15) is 5.92 Å². The Morgan fingerprint density at radius 3 is 1.27 bits per heavy atom. The van der Waals surface area contributed by atoms with Gasteiger partial charge >= 0.3 is 18.3 Å². The number of benzene rings is 6. The first kappa shape index (κ1) is 56.2. The lowest BCUT2D eigenvalue weighted by atomic mass is 9.95. The zero-order valence-corrected chi connectivity index (χ0v) is 41.4. The molecule has 6 aromatic rings. The summed E-state index contributed by atoms with van der Waals surface area (Å²) in [6.07, 6.45) is -8.45. The number of halogens is 6. The number of ether oxygens (including phenoxy) is 5. The summed E-state index contributed by atoms with van der Waals surface area (Å²) in [7, 11) is 5.86. The molecule has 19 heteroatoms. The summed E-state index contributed by atoms with van der Waals surface area (Å²) < 4.78 is 105. The lowest BCUT2D eigenvalue weighted by molar-refractivity contribution is -0.143. The van der Waals surface area contributed by atoms with E-state index < -0.39 is 53.1 Å². The van der Waals surface area contributed by atoms with Crippen LogP contribution in [0.3, 0.4) is 0 Å². The fourth-order valence-corrected chi connectivity index (χ4v) is 8.27. The van der Waals surface area contributed by atoms with E-state index in [2.05, 4.69) is 0 Å². The molecule has 0 aromatic heterocycles. The topological polar surface area (TPSA) is 144 Å². The highest BCUT2D eigenvalue weighted by Crippen LogP contribution is 2.36. The molecule has 1 aliphatic heterocycles. The van der Waals surface area contributed by atoms with Gasteiger partial charge in [-0.25, -0.2) is 0 Å². The standard InChI is InChI=1S/C30H31F3N2O5.C26H24F3NO5/c1-38-25-13-12-24(20-26(25)39-2)35(15-14-21-8-10-23(11-9-21)30(31,32)33)29(37)27(22-6-4-3-5-7-22)28(36)34-16-18-40-19-17-34;1-34-21-13-12-20(16-22(21)35-2)30(15-14-17-8-10-19(11-9-17)26(27,28)29)24(31)23(25(32)33)18-6-4-3-5-7-18/h3-13,20,27H,14-19H2,1-2H3;3-13,16,23H,14-15H2,1-2H3,(H,32,33). The molecule has 0 saturated carbocycles. The van der Waals surface area contributed by atoms with Gasteiger partial charge in [-0.3, -0.25) is 19.2 Å². The van der Waals surface area contributed by atoms with Gasteiger partial charge in [-0.1, -0.05) is 84.9 Å². The number of methoxy groups -OCH3 is 4. The number of anilines is 2. The minimum absolute atomic E-state index is 0.0241. The maximum absolute atomic E-state index is 14.3. The highest BCUT2D eigenvalue weighted by molar-refractivity contribution is 6.12. The van der Waals surface area contributed by atoms with Gasteiger partial charge in [-0.15, -0.1) is 0 Å². The van der Waals surface area contributed by atoms with Crippen molar-refractivity contribution in [1.29, 1.82) is 0 Å². The zero-order chi connectivity index (χ0) is 54.3. The van der Waals surface area contributed by atoms with Crippen molar-refractivity contribution in [2.45, 2.75) is 37.0 Å². The number of aliphatic carboxylic acids is 1. The molecule has 13 nitrogen and oxygen atoms in total. The van der Waals surface area contributed by atoms with E-state index >= 15 is 0 Å². The Morgan fingerprint density at radius 2 is 0.907 bits per heavy atom. The molecule has 0 spiro atoms. The Bertz CT molecular complexity index is 2850. The van der Waals surface area contributed by atoms with Crippen LogP contribution in [0.4, 0.5) is 37.7 Å². The molecule has 1 fully saturated rings. The normalized spacial score (nSPS) is 13.3. The van der Waals surface area contributed by atoms with E-state index in [1.165, 1.54) is 62.5 Å². The van der Waals surface area contributed by atoms with Gasteiger partial charge in [0.25, 0.3) is 0 Å². The Kier molecular flexibility index (Phi) is 19.3. The van der Waals surface area contributed by atoms with Gasteiger partial charge in [0.2, 0.25) is 17.7 Å². The summed E-state index contributed by atoms with van der Waals surface area (Å²) in [5, 5.41) is 9.87. The average molecular weight is 1040 g/mol. The number of carbonyl (C=O) groups is 4. The van der Waals surface area contributed by atoms with Crippen molar-refractivity contribution < 1.29 is 74.3 Å². The van der Waals surface area contributed by atoms with E-state index in [1.54, 1.807) is 102 Å². The van der Waals surface area contributed by atoms with Crippen LogP contribution in [0.1, 0.15) is 45.2 Å². The van der Waals surface area contributed by atoms with Crippen molar-refractivity contribution in [2.75, 3.05) is 77.6 Å². The van der Waals surface area contributed by atoms with E-state index in [0.29, 0.717) is 82.9 Å². The first-order chi connectivity index (χ1) is 35.9. The number of carboxylic acids is 1. The van der Waals surface area contributed by atoms with Crippen molar-refractivity contribution in [3.05, 3.63) is 179 Å². The molecule has 1 heterocycles. The van der Waals surface area contributed by atoms with Crippen LogP contribution >= 0.6 is 0 Å². The predicted octanol–water partition coefficient (Wildman–Crippen LogP) is 10.1. The summed E-state index contributed by atoms with van der Waals surface area (Å²) in [5.74, 6) is -3.79. The first-order valence-corrected chi connectivity index (χ1v) is 23.5. The summed E-state index contributed by atoms with van der Waals surface area (Å²) in [6, 6.07) is 36.1. The Hall–Kier alpha value is -8.06. The van der Waals surface area contributed by atoms with E-state index in [9.17, 15) is 50.6 Å². The summed E-state index contributed by atoms with van der Waals surface area (Å²) in [4.78, 5) is 58.2. The minimum atomic E-state index is -4.45. The maximum Gasteiger partial charge on any atom is 0.416 e. The van der Waals surface area contributed by atoms with Gasteiger partial charge in [-0.2, -0.15) is 26.3 Å². The van der Waals surface area contributed by atoms with E-state index in [4.69, 9.17) is 23.7 Å². The molecule has 1 saturated heterocycles. The predicted molar refractivity (Wildman–Crippen MR) is 267 cm³/mol.